The first-order chi connectivity index (χ1) is 6.69. The van der Waals surface area contributed by atoms with Gasteiger partial charge in [0.2, 0.25) is 0 Å². The van der Waals surface area contributed by atoms with E-state index >= 15 is 0 Å². The Balaban J connectivity index is 2.93. The van der Waals surface area contributed by atoms with Crippen molar-refractivity contribution in [2.24, 2.45) is 5.73 Å². The molecule has 0 saturated carbocycles. The van der Waals surface area contributed by atoms with Crippen LogP contribution in [0.15, 0.2) is 23.1 Å². The molecule has 0 aromatic heterocycles. The Bertz CT molecular complexity index is 292. The first kappa shape index (κ1) is 10.6. The van der Waals surface area contributed by atoms with Crippen LogP contribution in [0, 0.1) is 0 Å². The van der Waals surface area contributed by atoms with Gasteiger partial charge < -0.3 is 15.2 Å². The topological polar surface area (TPSA) is 61.5 Å². The second kappa shape index (κ2) is 4.69. The van der Waals surface area contributed by atoms with Crippen LogP contribution in [0.5, 0.6) is 0 Å². The fourth-order valence-corrected chi connectivity index (χ4v) is 1.33. The third kappa shape index (κ3) is 2.28. The number of methoxy groups -OCH3 is 1. The van der Waals surface area contributed by atoms with Crippen molar-refractivity contribution in [2.75, 3.05) is 13.7 Å². The van der Waals surface area contributed by atoms with Gasteiger partial charge in [-0.15, -0.1) is 0 Å². The molecule has 0 amide bonds. The SMILES string of the molecule is CCOC1=C(C(=O)OC)CCC(N)=C1. The number of rotatable bonds is 3. The quantitative estimate of drug-likeness (QED) is 0.688. The van der Waals surface area contributed by atoms with Crippen molar-refractivity contribution in [1.82, 2.24) is 0 Å². The smallest absolute Gasteiger partial charge is 0.337 e. The number of allylic oxidation sites excluding steroid dienone is 2. The highest BCUT2D eigenvalue weighted by molar-refractivity contribution is 5.89. The Morgan fingerprint density at radius 2 is 2.29 bits per heavy atom. The van der Waals surface area contributed by atoms with Crippen LogP contribution >= 0.6 is 0 Å². The van der Waals surface area contributed by atoms with Gasteiger partial charge in [0.25, 0.3) is 0 Å². The number of carbonyl (C=O) groups excluding carboxylic acids is 1. The Morgan fingerprint density at radius 1 is 1.57 bits per heavy atom. The van der Waals surface area contributed by atoms with Crippen molar-refractivity contribution in [3.8, 4) is 0 Å². The predicted molar refractivity (Wildman–Crippen MR) is 52.2 cm³/mol. The molecule has 0 spiro atoms. The maximum absolute atomic E-state index is 11.3. The molecule has 0 heterocycles. The van der Waals surface area contributed by atoms with E-state index in [0.29, 0.717) is 30.8 Å². The summed E-state index contributed by atoms with van der Waals surface area (Å²) >= 11 is 0. The summed E-state index contributed by atoms with van der Waals surface area (Å²) in [6.45, 7) is 2.38. The molecule has 0 atom stereocenters. The lowest BCUT2D eigenvalue weighted by molar-refractivity contribution is -0.136. The Morgan fingerprint density at radius 3 is 2.86 bits per heavy atom. The molecule has 14 heavy (non-hydrogen) atoms. The number of carbonyl (C=O) groups is 1. The number of esters is 1. The minimum atomic E-state index is -0.336. The van der Waals surface area contributed by atoms with Crippen LogP contribution in [0.1, 0.15) is 19.8 Å². The van der Waals surface area contributed by atoms with Gasteiger partial charge in [-0.1, -0.05) is 0 Å². The van der Waals surface area contributed by atoms with Crippen LogP contribution in [0.3, 0.4) is 0 Å². The van der Waals surface area contributed by atoms with Gasteiger partial charge in [0, 0.05) is 5.70 Å². The molecular weight excluding hydrogens is 182 g/mol. The van der Waals surface area contributed by atoms with E-state index in [0.717, 1.165) is 5.70 Å². The average Bonchev–Trinajstić information content (AvgIpc) is 2.17. The van der Waals surface area contributed by atoms with Crippen LogP contribution in [-0.4, -0.2) is 19.7 Å². The molecule has 1 aliphatic carbocycles. The number of ether oxygens (including phenoxy) is 2. The van der Waals surface area contributed by atoms with Crippen LogP contribution in [0.2, 0.25) is 0 Å². The van der Waals surface area contributed by atoms with Crippen molar-refractivity contribution in [1.29, 1.82) is 0 Å². The van der Waals surface area contributed by atoms with E-state index < -0.39 is 0 Å². The molecule has 0 aliphatic heterocycles. The summed E-state index contributed by atoms with van der Waals surface area (Å²) in [5.41, 5.74) is 6.96. The second-order valence-electron chi connectivity index (χ2n) is 2.99. The molecule has 1 aliphatic rings. The molecule has 0 saturated heterocycles. The van der Waals surface area contributed by atoms with Crippen LogP contribution in [-0.2, 0) is 14.3 Å². The normalized spacial score (nSPS) is 16.3. The molecular formula is C10H15NO3. The minimum Gasteiger partial charge on any atom is -0.493 e. The summed E-state index contributed by atoms with van der Waals surface area (Å²) < 4.78 is 9.97. The highest BCUT2D eigenvalue weighted by atomic mass is 16.5. The van der Waals surface area contributed by atoms with Crippen molar-refractivity contribution < 1.29 is 14.3 Å². The monoisotopic (exact) mass is 197 g/mol. The fraction of sp³-hybridized carbons (Fsp3) is 0.500. The van der Waals surface area contributed by atoms with Gasteiger partial charge in [-0.05, 0) is 25.8 Å². The molecule has 4 heteroatoms. The number of hydrogen-bond donors (Lipinski definition) is 1. The molecule has 0 fully saturated rings. The Hall–Kier alpha value is -1.45. The molecule has 0 aromatic rings. The number of hydrogen-bond acceptors (Lipinski definition) is 4. The lowest BCUT2D eigenvalue weighted by atomic mass is 10.0. The average molecular weight is 197 g/mol. The summed E-state index contributed by atoms with van der Waals surface area (Å²) in [5, 5.41) is 0. The van der Waals surface area contributed by atoms with E-state index in [1.54, 1.807) is 6.08 Å². The van der Waals surface area contributed by atoms with Crippen molar-refractivity contribution >= 4 is 5.97 Å². The van der Waals surface area contributed by atoms with Crippen LogP contribution in [0.4, 0.5) is 0 Å². The van der Waals surface area contributed by atoms with Gasteiger partial charge in [-0.2, -0.15) is 0 Å². The minimum absolute atomic E-state index is 0.336. The van der Waals surface area contributed by atoms with Gasteiger partial charge in [0.15, 0.2) is 0 Å². The first-order valence-corrected chi connectivity index (χ1v) is 4.59. The largest absolute Gasteiger partial charge is 0.493 e. The van der Waals surface area contributed by atoms with E-state index in [-0.39, 0.29) is 5.97 Å². The molecule has 0 bridgehead atoms. The summed E-state index contributed by atoms with van der Waals surface area (Å²) in [6, 6.07) is 0. The second-order valence-corrected chi connectivity index (χ2v) is 2.99. The van der Waals surface area contributed by atoms with Crippen molar-refractivity contribution in [3.05, 3.63) is 23.1 Å². The lowest BCUT2D eigenvalue weighted by Crippen LogP contribution is -2.15. The third-order valence-electron chi connectivity index (χ3n) is 2.01. The van der Waals surface area contributed by atoms with E-state index in [4.69, 9.17) is 10.5 Å². The first-order valence-electron chi connectivity index (χ1n) is 4.59. The molecule has 4 nitrogen and oxygen atoms in total. The predicted octanol–water partition coefficient (Wildman–Crippen LogP) is 1.09. The number of nitrogens with two attached hydrogens (primary N) is 1. The highest BCUT2D eigenvalue weighted by Gasteiger charge is 2.19. The van der Waals surface area contributed by atoms with E-state index in [2.05, 4.69) is 4.74 Å². The van der Waals surface area contributed by atoms with E-state index in [9.17, 15) is 4.79 Å². The maximum atomic E-state index is 11.3. The van der Waals surface area contributed by atoms with Gasteiger partial charge in [0.05, 0.1) is 19.3 Å². The van der Waals surface area contributed by atoms with Gasteiger partial charge in [-0.25, -0.2) is 4.79 Å². The summed E-state index contributed by atoms with van der Waals surface area (Å²) in [7, 11) is 1.36. The Kier molecular flexibility index (Phi) is 3.56. The van der Waals surface area contributed by atoms with Gasteiger partial charge in [0.1, 0.15) is 5.76 Å². The molecule has 0 radical (unpaired) electrons. The third-order valence-corrected chi connectivity index (χ3v) is 2.01. The standard InChI is InChI=1S/C10H15NO3/c1-3-14-9-6-7(11)4-5-8(9)10(12)13-2/h6H,3-5,11H2,1-2H3. The van der Waals surface area contributed by atoms with Crippen molar-refractivity contribution in [2.45, 2.75) is 19.8 Å². The summed E-state index contributed by atoms with van der Waals surface area (Å²) in [6.07, 6.45) is 2.96. The zero-order valence-electron chi connectivity index (χ0n) is 8.50. The van der Waals surface area contributed by atoms with Gasteiger partial charge in [-0.3, -0.25) is 0 Å². The van der Waals surface area contributed by atoms with Crippen LogP contribution in [0.25, 0.3) is 0 Å². The van der Waals surface area contributed by atoms with Gasteiger partial charge >= 0.3 is 5.97 Å². The maximum Gasteiger partial charge on any atom is 0.337 e. The molecule has 1 rings (SSSR count). The van der Waals surface area contributed by atoms with Crippen LogP contribution < -0.4 is 5.73 Å². The van der Waals surface area contributed by atoms with E-state index in [1.807, 2.05) is 6.92 Å². The highest BCUT2D eigenvalue weighted by Crippen LogP contribution is 2.23. The molecule has 78 valence electrons. The molecule has 2 N–H and O–H groups in total. The lowest BCUT2D eigenvalue weighted by Gasteiger charge is -2.16. The fourth-order valence-electron chi connectivity index (χ4n) is 1.33. The summed E-state index contributed by atoms with van der Waals surface area (Å²) in [5.74, 6) is 0.209. The zero-order valence-corrected chi connectivity index (χ0v) is 8.50. The molecule has 0 unspecified atom stereocenters. The van der Waals surface area contributed by atoms with E-state index in [1.165, 1.54) is 7.11 Å². The summed E-state index contributed by atoms with van der Waals surface area (Å²) in [4.78, 5) is 11.3. The Labute approximate surface area is 83.4 Å². The van der Waals surface area contributed by atoms with Crippen molar-refractivity contribution in [3.63, 3.8) is 0 Å². The zero-order chi connectivity index (χ0) is 10.6. The molecule has 0 aromatic carbocycles.